The molecular weight excluding hydrogens is 376 g/mol. The molecule has 3 aromatic carbocycles. The van der Waals surface area contributed by atoms with E-state index < -0.39 is 12.0 Å². The monoisotopic (exact) mass is 400 g/mol. The molecule has 30 heavy (non-hydrogen) atoms. The lowest BCUT2D eigenvalue weighted by atomic mass is 9.92. The minimum absolute atomic E-state index is 0.00199. The number of nitrogens with one attached hydrogen (secondary N) is 1. The molecule has 0 bridgehead atoms. The van der Waals surface area contributed by atoms with Gasteiger partial charge in [-0.2, -0.15) is 0 Å². The van der Waals surface area contributed by atoms with Gasteiger partial charge >= 0.3 is 5.97 Å². The molecule has 2 atom stereocenters. The number of nitrogens with two attached hydrogens (primary N) is 1. The first-order valence-corrected chi connectivity index (χ1v) is 10.1. The average Bonchev–Trinajstić information content (AvgIpc) is 3.06. The molecule has 1 aliphatic carbocycles. The van der Waals surface area contributed by atoms with Gasteiger partial charge in [-0.05, 0) is 52.8 Å². The fourth-order valence-corrected chi connectivity index (χ4v) is 4.16. The summed E-state index contributed by atoms with van der Waals surface area (Å²) in [6.07, 6.45) is 1.07. The van der Waals surface area contributed by atoms with Crippen molar-refractivity contribution in [3.8, 4) is 11.1 Å². The predicted octanol–water partition coefficient (Wildman–Crippen LogP) is 4.17. The Balaban J connectivity index is 1.54. The zero-order valence-electron chi connectivity index (χ0n) is 16.5. The molecule has 152 valence electrons. The third kappa shape index (κ3) is 4.11. The highest BCUT2D eigenvalue weighted by molar-refractivity contribution is 5.95. The number of carboxylic acid groups (broad SMARTS) is 1. The number of carboxylic acids is 1. The van der Waals surface area contributed by atoms with Crippen LogP contribution in [0.15, 0.2) is 72.8 Å². The Kier molecular flexibility index (Phi) is 5.63. The summed E-state index contributed by atoms with van der Waals surface area (Å²) in [5, 5.41) is 12.1. The van der Waals surface area contributed by atoms with Crippen LogP contribution in [0.25, 0.3) is 11.1 Å². The Morgan fingerprint density at radius 2 is 1.63 bits per heavy atom. The van der Waals surface area contributed by atoms with Crippen molar-refractivity contribution >= 4 is 17.6 Å². The first-order chi connectivity index (χ1) is 14.5. The molecule has 0 radical (unpaired) electrons. The molecule has 1 unspecified atom stereocenters. The molecular formula is C25H24N2O3. The van der Waals surface area contributed by atoms with E-state index in [4.69, 9.17) is 10.8 Å². The molecule has 0 spiro atoms. The van der Waals surface area contributed by atoms with Gasteiger partial charge in [0.2, 0.25) is 5.91 Å². The zero-order chi connectivity index (χ0) is 21.1. The number of carbonyl (C=O) groups excluding carboxylic acids is 1. The van der Waals surface area contributed by atoms with Crippen LogP contribution in [0.5, 0.6) is 0 Å². The fourth-order valence-electron chi connectivity index (χ4n) is 4.16. The summed E-state index contributed by atoms with van der Waals surface area (Å²) in [5.74, 6) is -1.05. The van der Waals surface area contributed by atoms with Crippen LogP contribution in [0, 0.1) is 0 Å². The van der Waals surface area contributed by atoms with Gasteiger partial charge in [-0.1, -0.05) is 60.7 Å². The summed E-state index contributed by atoms with van der Waals surface area (Å²) in [4.78, 5) is 23.8. The van der Waals surface area contributed by atoms with Crippen LogP contribution in [-0.2, 0) is 16.0 Å². The summed E-state index contributed by atoms with van der Waals surface area (Å²) in [5.41, 5.74) is 12.2. The molecule has 3 aromatic rings. The summed E-state index contributed by atoms with van der Waals surface area (Å²) in [6.45, 7) is 0. The Hall–Kier alpha value is -3.44. The number of carbonyl (C=O) groups is 2. The van der Waals surface area contributed by atoms with E-state index in [2.05, 4.69) is 17.4 Å². The molecule has 0 fully saturated rings. The smallest absolute Gasteiger partial charge is 0.303 e. The van der Waals surface area contributed by atoms with Gasteiger partial charge < -0.3 is 16.2 Å². The van der Waals surface area contributed by atoms with Gasteiger partial charge in [0.1, 0.15) is 0 Å². The van der Waals surface area contributed by atoms with Gasteiger partial charge in [-0.3, -0.25) is 9.59 Å². The minimum atomic E-state index is -0.808. The number of hydrogen-bond acceptors (Lipinski definition) is 3. The van der Waals surface area contributed by atoms with E-state index in [-0.39, 0.29) is 18.2 Å². The van der Waals surface area contributed by atoms with E-state index in [0.717, 1.165) is 27.8 Å². The highest BCUT2D eigenvalue weighted by atomic mass is 16.4. The molecule has 0 aromatic heterocycles. The lowest BCUT2D eigenvalue weighted by Crippen LogP contribution is -2.37. The van der Waals surface area contributed by atoms with Gasteiger partial charge in [0, 0.05) is 18.0 Å². The first kappa shape index (κ1) is 19.9. The zero-order valence-corrected chi connectivity index (χ0v) is 16.5. The van der Waals surface area contributed by atoms with Crippen molar-refractivity contribution in [2.45, 2.75) is 31.2 Å². The topological polar surface area (TPSA) is 92.4 Å². The van der Waals surface area contributed by atoms with Crippen LogP contribution in [0.3, 0.4) is 0 Å². The Labute approximate surface area is 175 Å². The van der Waals surface area contributed by atoms with Gasteiger partial charge in [-0.25, -0.2) is 0 Å². The third-order valence-electron chi connectivity index (χ3n) is 5.60. The second-order valence-electron chi connectivity index (χ2n) is 7.66. The molecule has 1 amide bonds. The van der Waals surface area contributed by atoms with Crippen molar-refractivity contribution in [2.24, 2.45) is 5.73 Å². The summed E-state index contributed by atoms with van der Waals surface area (Å²) in [7, 11) is 0. The van der Waals surface area contributed by atoms with E-state index >= 15 is 0 Å². The van der Waals surface area contributed by atoms with E-state index in [9.17, 15) is 9.59 Å². The standard InChI is InChI=1S/C25H24N2O3/c26-23(14-16-6-2-1-3-7-16)25(30)27-17-10-11-20-18-8-4-5-9-19(18)21(22(20)15-17)12-13-24(28)29/h1-11,15,21,23H,12-14,26H2,(H,27,30)(H,28,29)/t21?,23-/m0/s1. The molecule has 0 saturated carbocycles. The van der Waals surface area contributed by atoms with Crippen molar-refractivity contribution in [2.75, 3.05) is 5.32 Å². The van der Waals surface area contributed by atoms with Crippen molar-refractivity contribution < 1.29 is 14.7 Å². The number of rotatable bonds is 7. The Morgan fingerprint density at radius 1 is 0.933 bits per heavy atom. The van der Waals surface area contributed by atoms with Gasteiger partial charge in [0.25, 0.3) is 0 Å². The van der Waals surface area contributed by atoms with Crippen LogP contribution in [-0.4, -0.2) is 23.0 Å². The number of benzene rings is 3. The highest BCUT2D eigenvalue weighted by Crippen LogP contribution is 2.47. The predicted molar refractivity (Wildman–Crippen MR) is 117 cm³/mol. The molecule has 0 aliphatic heterocycles. The fraction of sp³-hybridized carbons (Fsp3) is 0.200. The molecule has 5 heteroatoms. The number of hydrogen-bond donors (Lipinski definition) is 3. The van der Waals surface area contributed by atoms with Crippen molar-refractivity contribution in [3.63, 3.8) is 0 Å². The molecule has 0 heterocycles. The maximum atomic E-state index is 12.6. The largest absolute Gasteiger partial charge is 0.481 e. The lowest BCUT2D eigenvalue weighted by molar-refractivity contribution is -0.137. The SMILES string of the molecule is N[C@@H](Cc1ccccc1)C(=O)Nc1ccc2c(c1)C(CCC(=O)O)c1ccccc1-2. The van der Waals surface area contributed by atoms with Crippen molar-refractivity contribution in [1.29, 1.82) is 0 Å². The molecule has 1 aliphatic rings. The van der Waals surface area contributed by atoms with Crippen LogP contribution < -0.4 is 11.1 Å². The normalized spacial score (nSPS) is 15.2. The number of anilines is 1. The number of aliphatic carboxylic acids is 1. The minimum Gasteiger partial charge on any atom is -0.481 e. The summed E-state index contributed by atoms with van der Waals surface area (Å²) >= 11 is 0. The molecule has 5 nitrogen and oxygen atoms in total. The van der Waals surface area contributed by atoms with Crippen LogP contribution >= 0.6 is 0 Å². The van der Waals surface area contributed by atoms with E-state index in [1.54, 1.807) is 0 Å². The Morgan fingerprint density at radius 3 is 2.40 bits per heavy atom. The van der Waals surface area contributed by atoms with E-state index in [1.807, 2.05) is 60.7 Å². The highest BCUT2D eigenvalue weighted by Gasteiger charge is 2.29. The van der Waals surface area contributed by atoms with E-state index in [0.29, 0.717) is 18.5 Å². The van der Waals surface area contributed by atoms with Gasteiger partial charge in [-0.15, -0.1) is 0 Å². The number of amides is 1. The molecule has 4 N–H and O–H groups in total. The molecule has 0 saturated heterocycles. The van der Waals surface area contributed by atoms with Crippen LogP contribution in [0.1, 0.15) is 35.4 Å². The van der Waals surface area contributed by atoms with Gasteiger partial charge in [0.15, 0.2) is 0 Å². The van der Waals surface area contributed by atoms with Crippen LogP contribution in [0.2, 0.25) is 0 Å². The Bertz CT molecular complexity index is 1080. The molecule has 4 rings (SSSR count). The summed E-state index contributed by atoms with van der Waals surface area (Å²) < 4.78 is 0. The second-order valence-corrected chi connectivity index (χ2v) is 7.66. The van der Waals surface area contributed by atoms with Gasteiger partial charge in [0.05, 0.1) is 6.04 Å². The first-order valence-electron chi connectivity index (χ1n) is 10.1. The third-order valence-corrected chi connectivity index (χ3v) is 5.60. The maximum Gasteiger partial charge on any atom is 0.303 e. The van der Waals surface area contributed by atoms with Crippen molar-refractivity contribution in [3.05, 3.63) is 89.5 Å². The quantitative estimate of drug-likeness (QED) is 0.555. The lowest BCUT2D eigenvalue weighted by Gasteiger charge is -2.15. The van der Waals surface area contributed by atoms with Crippen LogP contribution in [0.4, 0.5) is 5.69 Å². The summed E-state index contributed by atoms with van der Waals surface area (Å²) in [6, 6.07) is 22.9. The maximum absolute atomic E-state index is 12.6. The number of fused-ring (bicyclic) bond motifs is 3. The second kappa shape index (κ2) is 8.51. The van der Waals surface area contributed by atoms with Crippen molar-refractivity contribution in [1.82, 2.24) is 0 Å². The van der Waals surface area contributed by atoms with E-state index in [1.165, 1.54) is 0 Å². The average molecular weight is 400 g/mol.